The largest absolute Gasteiger partial charge is 0.484 e. The Bertz CT molecular complexity index is 1330. The van der Waals surface area contributed by atoms with Gasteiger partial charge in [0.05, 0.1) is 20.7 Å². The van der Waals surface area contributed by atoms with Crippen LogP contribution in [-0.4, -0.2) is 77.5 Å². The molecule has 206 valence electrons. The summed E-state index contributed by atoms with van der Waals surface area (Å²) in [5.41, 5.74) is 3.59. The molecule has 39 heavy (non-hydrogen) atoms. The quantitative estimate of drug-likeness (QED) is 0.394. The van der Waals surface area contributed by atoms with Crippen LogP contribution >= 0.6 is 34.5 Å². The highest BCUT2D eigenvalue weighted by Gasteiger charge is 2.29. The lowest BCUT2D eigenvalue weighted by molar-refractivity contribution is -0.134. The number of aryl methyl sites for hydroxylation is 2. The smallest absolute Gasteiger partial charge is 0.273 e. The summed E-state index contributed by atoms with van der Waals surface area (Å²) < 4.78 is 5.74. The van der Waals surface area contributed by atoms with Crippen molar-refractivity contribution in [1.82, 2.24) is 19.8 Å². The van der Waals surface area contributed by atoms with Crippen molar-refractivity contribution in [1.29, 1.82) is 0 Å². The third-order valence-electron chi connectivity index (χ3n) is 7.49. The molecule has 8 nitrogen and oxygen atoms in total. The van der Waals surface area contributed by atoms with Gasteiger partial charge in [0.1, 0.15) is 11.4 Å². The van der Waals surface area contributed by atoms with Gasteiger partial charge in [-0.05, 0) is 49.9 Å². The lowest BCUT2D eigenvalue weighted by Gasteiger charge is -2.36. The van der Waals surface area contributed by atoms with E-state index in [-0.39, 0.29) is 24.3 Å². The SMILES string of the molecule is Cc1ccc(OCC(=O)N2CCC(c3nc(C(=O)N4CCN(c5c(Cl)cncc5Cl)CC4)cs3)CC2)cc1C. The number of piperidine rings is 1. The van der Waals surface area contributed by atoms with Crippen LogP contribution in [0.5, 0.6) is 5.75 Å². The average molecular weight is 589 g/mol. The molecule has 0 atom stereocenters. The Hall–Kier alpha value is -2.88. The molecule has 5 rings (SSSR count). The lowest BCUT2D eigenvalue weighted by Crippen LogP contribution is -2.49. The van der Waals surface area contributed by atoms with Crippen LogP contribution in [0.2, 0.25) is 10.0 Å². The third-order valence-corrected chi connectivity index (χ3v) is 9.05. The maximum Gasteiger partial charge on any atom is 0.273 e. The van der Waals surface area contributed by atoms with E-state index in [1.54, 1.807) is 12.4 Å². The second-order valence-electron chi connectivity index (χ2n) is 9.99. The minimum Gasteiger partial charge on any atom is -0.484 e. The monoisotopic (exact) mass is 587 g/mol. The molecule has 0 radical (unpaired) electrons. The summed E-state index contributed by atoms with van der Waals surface area (Å²) in [4.78, 5) is 40.4. The van der Waals surface area contributed by atoms with Crippen molar-refractivity contribution < 1.29 is 14.3 Å². The van der Waals surface area contributed by atoms with Gasteiger partial charge in [-0.1, -0.05) is 29.3 Å². The van der Waals surface area contributed by atoms with E-state index in [1.165, 1.54) is 16.9 Å². The standard InChI is InChI=1S/C28H31Cl2N5O3S/c1-18-3-4-21(13-19(18)2)38-16-25(36)33-7-5-20(6-8-33)27-32-24(17-39-27)28(37)35-11-9-34(10-12-35)26-22(29)14-31-15-23(26)30/h3-4,13-15,17,20H,5-12,16H2,1-2H3. The van der Waals surface area contributed by atoms with Crippen molar-refractivity contribution in [2.75, 3.05) is 50.8 Å². The molecule has 1 aromatic carbocycles. The number of benzene rings is 1. The first-order chi connectivity index (χ1) is 18.8. The number of piperazine rings is 1. The van der Waals surface area contributed by atoms with Crippen molar-refractivity contribution in [3.05, 3.63) is 67.8 Å². The summed E-state index contributed by atoms with van der Waals surface area (Å²) in [6.45, 7) is 7.82. The number of nitrogens with zero attached hydrogens (tertiary/aromatic N) is 5. The molecule has 11 heteroatoms. The van der Waals surface area contributed by atoms with Gasteiger partial charge in [0.2, 0.25) is 0 Å². The topological polar surface area (TPSA) is 78.9 Å². The van der Waals surface area contributed by atoms with Gasteiger partial charge >= 0.3 is 0 Å². The van der Waals surface area contributed by atoms with Gasteiger partial charge in [0, 0.05) is 63.0 Å². The van der Waals surface area contributed by atoms with Crippen molar-refractivity contribution in [2.45, 2.75) is 32.6 Å². The predicted molar refractivity (Wildman–Crippen MR) is 154 cm³/mol. The van der Waals surface area contributed by atoms with Crippen LogP contribution in [0.15, 0.2) is 36.0 Å². The Balaban J connectivity index is 1.10. The number of carbonyl (C=O) groups is 2. The summed E-state index contributed by atoms with van der Waals surface area (Å²) in [5, 5.41) is 3.84. The molecule has 0 saturated carbocycles. The first-order valence-corrected chi connectivity index (χ1v) is 14.7. The normalized spacial score (nSPS) is 16.5. The molecule has 2 saturated heterocycles. The molecule has 3 aromatic rings. The number of pyridine rings is 1. The van der Waals surface area contributed by atoms with Gasteiger partial charge in [-0.15, -0.1) is 11.3 Å². The number of rotatable bonds is 6. The van der Waals surface area contributed by atoms with Gasteiger partial charge in [-0.2, -0.15) is 0 Å². The number of amides is 2. The number of aromatic nitrogens is 2. The van der Waals surface area contributed by atoms with Gasteiger partial charge in [0.25, 0.3) is 11.8 Å². The number of anilines is 1. The van der Waals surface area contributed by atoms with Crippen LogP contribution in [0.1, 0.15) is 45.4 Å². The fourth-order valence-corrected chi connectivity index (χ4v) is 6.56. The minimum atomic E-state index is -0.0554. The van der Waals surface area contributed by atoms with Gasteiger partial charge < -0.3 is 19.4 Å². The second kappa shape index (κ2) is 12.1. The molecule has 4 heterocycles. The molecule has 2 fully saturated rings. The van der Waals surface area contributed by atoms with Crippen molar-refractivity contribution >= 4 is 52.0 Å². The highest BCUT2D eigenvalue weighted by Crippen LogP contribution is 2.34. The highest BCUT2D eigenvalue weighted by molar-refractivity contribution is 7.09. The van der Waals surface area contributed by atoms with E-state index in [9.17, 15) is 9.59 Å². The van der Waals surface area contributed by atoms with E-state index >= 15 is 0 Å². The molecule has 2 amide bonds. The van der Waals surface area contributed by atoms with Crippen LogP contribution in [0.25, 0.3) is 0 Å². The van der Waals surface area contributed by atoms with Crippen LogP contribution in [-0.2, 0) is 4.79 Å². The number of halogens is 2. The zero-order valence-corrected chi connectivity index (χ0v) is 24.4. The molecule has 0 unspecified atom stereocenters. The fourth-order valence-electron chi connectivity index (χ4n) is 4.99. The van der Waals surface area contributed by atoms with Crippen molar-refractivity contribution in [3.63, 3.8) is 0 Å². The zero-order chi connectivity index (χ0) is 27.5. The molecule has 2 aromatic heterocycles. The fraction of sp³-hybridized carbons (Fsp3) is 0.429. The van der Waals surface area contributed by atoms with Gasteiger partial charge in [0.15, 0.2) is 6.61 Å². The Morgan fingerprint density at radius 2 is 1.67 bits per heavy atom. The van der Waals surface area contributed by atoms with Crippen LogP contribution in [0.4, 0.5) is 5.69 Å². The van der Waals surface area contributed by atoms with Crippen LogP contribution in [0.3, 0.4) is 0 Å². The first-order valence-electron chi connectivity index (χ1n) is 13.1. The van der Waals surface area contributed by atoms with E-state index in [0.29, 0.717) is 60.8 Å². The highest BCUT2D eigenvalue weighted by atomic mass is 35.5. The molecule has 2 aliphatic rings. The number of likely N-dealkylation sites (tertiary alicyclic amines) is 1. The van der Waals surface area contributed by atoms with Crippen LogP contribution < -0.4 is 9.64 Å². The number of ether oxygens (including phenoxy) is 1. The van der Waals surface area contributed by atoms with E-state index in [1.807, 2.05) is 40.3 Å². The maximum atomic E-state index is 13.2. The Morgan fingerprint density at radius 3 is 2.33 bits per heavy atom. The lowest BCUT2D eigenvalue weighted by atomic mass is 9.97. The van der Waals surface area contributed by atoms with E-state index in [0.717, 1.165) is 29.1 Å². The average Bonchev–Trinajstić information content (AvgIpc) is 3.44. The second-order valence-corrected chi connectivity index (χ2v) is 11.7. The Morgan fingerprint density at radius 1 is 0.974 bits per heavy atom. The molecule has 0 bridgehead atoms. The van der Waals surface area contributed by atoms with E-state index < -0.39 is 0 Å². The maximum absolute atomic E-state index is 13.2. The van der Waals surface area contributed by atoms with Crippen LogP contribution in [0, 0.1) is 13.8 Å². The molecule has 0 spiro atoms. The predicted octanol–water partition coefficient (Wildman–Crippen LogP) is 5.21. The number of hydrogen-bond donors (Lipinski definition) is 0. The Kier molecular flexibility index (Phi) is 8.59. The minimum absolute atomic E-state index is 0.00448. The van der Waals surface area contributed by atoms with Crippen molar-refractivity contribution in [2.24, 2.45) is 0 Å². The van der Waals surface area contributed by atoms with E-state index in [2.05, 4.69) is 16.8 Å². The molecular formula is C28H31Cl2N5O3S. The van der Waals surface area contributed by atoms with Gasteiger partial charge in [-0.3, -0.25) is 14.6 Å². The molecule has 0 N–H and O–H groups in total. The number of hydrogen-bond acceptors (Lipinski definition) is 7. The first kappa shape index (κ1) is 27.7. The summed E-state index contributed by atoms with van der Waals surface area (Å²) in [6, 6.07) is 5.86. The number of carbonyl (C=O) groups excluding carboxylic acids is 2. The molecule has 2 aliphatic heterocycles. The van der Waals surface area contributed by atoms with Gasteiger partial charge in [-0.25, -0.2) is 4.98 Å². The molecular weight excluding hydrogens is 557 g/mol. The summed E-state index contributed by atoms with van der Waals surface area (Å²) in [7, 11) is 0. The number of thiazole rings is 1. The molecule has 0 aliphatic carbocycles. The Labute approximate surface area is 242 Å². The van der Waals surface area contributed by atoms with Crippen molar-refractivity contribution in [3.8, 4) is 5.75 Å². The zero-order valence-electron chi connectivity index (χ0n) is 22.0. The summed E-state index contributed by atoms with van der Waals surface area (Å²) in [6.07, 6.45) is 4.81. The summed E-state index contributed by atoms with van der Waals surface area (Å²) >= 11 is 14.1. The van der Waals surface area contributed by atoms with E-state index in [4.69, 9.17) is 32.9 Å². The third kappa shape index (κ3) is 6.31. The summed E-state index contributed by atoms with van der Waals surface area (Å²) in [5.74, 6) is 0.900.